The number of carbonyl (C=O) groups excluding carboxylic acids is 1. The van der Waals surface area contributed by atoms with Gasteiger partial charge in [0.1, 0.15) is 5.78 Å². The summed E-state index contributed by atoms with van der Waals surface area (Å²) >= 11 is 0. The molecule has 15 heavy (non-hydrogen) atoms. The first kappa shape index (κ1) is 9.37. The Kier molecular flexibility index (Phi) is 1.77. The second-order valence-electron chi connectivity index (χ2n) is 6.04. The van der Waals surface area contributed by atoms with Crippen LogP contribution in [-0.2, 0) is 4.79 Å². The fourth-order valence-electron chi connectivity index (χ4n) is 3.03. The maximum atomic E-state index is 12.1. The zero-order chi connectivity index (χ0) is 10.6. The Morgan fingerprint density at radius 1 is 1.40 bits per heavy atom. The lowest BCUT2D eigenvalue weighted by Crippen LogP contribution is -2.45. The number of hydrogen-bond acceptors (Lipinski definition) is 3. The summed E-state index contributed by atoms with van der Waals surface area (Å²) in [5.41, 5.74) is 4.50. The van der Waals surface area contributed by atoms with Crippen LogP contribution in [0.1, 0.15) is 39.5 Å². The van der Waals surface area contributed by atoms with E-state index in [1.165, 1.54) is 18.6 Å². The van der Waals surface area contributed by atoms with E-state index in [0.29, 0.717) is 11.7 Å². The third-order valence-electron chi connectivity index (χ3n) is 3.85. The number of hydrogen-bond donors (Lipinski definition) is 1. The van der Waals surface area contributed by atoms with Gasteiger partial charge in [-0.15, -0.1) is 0 Å². The van der Waals surface area contributed by atoms with Crippen LogP contribution in [-0.4, -0.2) is 17.5 Å². The normalized spacial score (nSPS) is 38.3. The van der Waals surface area contributed by atoms with Crippen molar-refractivity contribution in [1.29, 1.82) is 0 Å². The molecule has 0 aromatic carbocycles. The highest BCUT2D eigenvalue weighted by atomic mass is 16.1. The molecular formula is C12H18N2O. The van der Waals surface area contributed by atoms with Gasteiger partial charge in [-0.1, -0.05) is 13.8 Å². The van der Waals surface area contributed by atoms with Crippen molar-refractivity contribution in [3.8, 4) is 0 Å². The Hall–Kier alpha value is -0.860. The molecule has 0 unspecified atom stereocenters. The molecule has 3 nitrogen and oxygen atoms in total. The van der Waals surface area contributed by atoms with Crippen LogP contribution >= 0.6 is 0 Å². The summed E-state index contributed by atoms with van der Waals surface area (Å²) in [4.78, 5) is 12.1. The minimum Gasteiger partial charge on any atom is -0.306 e. The molecule has 82 valence electrons. The molecule has 0 spiro atoms. The Bertz CT molecular complexity index is 342. The highest BCUT2D eigenvalue weighted by molar-refractivity contribution is 6.09. The van der Waals surface area contributed by atoms with Gasteiger partial charge in [0.05, 0.1) is 17.7 Å². The molecule has 3 heteroatoms. The molecule has 0 amide bonds. The van der Waals surface area contributed by atoms with Gasteiger partial charge in [0.2, 0.25) is 0 Å². The lowest BCUT2D eigenvalue weighted by atomic mass is 9.68. The highest BCUT2D eigenvalue weighted by Gasteiger charge is 2.49. The van der Waals surface area contributed by atoms with Gasteiger partial charge >= 0.3 is 0 Å². The third-order valence-corrected chi connectivity index (χ3v) is 3.85. The summed E-state index contributed by atoms with van der Waals surface area (Å²) in [6, 6.07) is 0.289. The average molecular weight is 206 g/mol. The first-order chi connectivity index (χ1) is 7.07. The van der Waals surface area contributed by atoms with E-state index in [0.717, 1.165) is 12.8 Å². The Labute approximate surface area is 90.3 Å². The Morgan fingerprint density at radius 3 is 2.80 bits per heavy atom. The summed E-state index contributed by atoms with van der Waals surface area (Å²) < 4.78 is 0. The summed E-state index contributed by atoms with van der Waals surface area (Å²) in [5.74, 6) is 1.15. The van der Waals surface area contributed by atoms with Gasteiger partial charge in [-0.25, -0.2) is 0 Å². The van der Waals surface area contributed by atoms with Gasteiger partial charge in [-0.05, 0) is 30.6 Å². The number of rotatable bonds is 1. The molecule has 3 rings (SSSR count). The van der Waals surface area contributed by atoms with E-state index in [-0.39, 0.29) is 17.4 Å². The van der Waals surface area contributed by atoms with Crippen LogP contribution in [0.4, 0.5) is 0 Å². The standard InChI is InChI=1S/C12H18N2O/c1-12(2)5-8-10(9(15)6-12)11(14-13-8)7-3-4-7/h7-8,10,13H,3-6H2,1-2H3/t8-,10-/m0/s1. The van der Waals surface area contributed by atoms with Crippen LogP contribution in [0.15, 0.2) is 5.10 Å². The summed E-state index contributed by atoms with van der Waals surface area (Å²) in [7, 11) is 0. The predicted octanol–water partition coefficient (Wildman–Crippen LogP) is 1.73. The zero-order valence-corrected chi connectivity index (χ0v) is 9.42. The Morgan fingerprint density at radius 2 is 2.13 bits per heavy atom. The van der Waals surface area contributed by atoms with E-state index < -0.39 is 0 Å². The van der Waals surface area contributed by atoms with E-state index in [2.05, 4.69) is 24.4 Å². The highest BCUT2D eigenvalue weighted by Crippen LogP contribution is 2.43. The lowest BCUT2D eigenvalue weighted by molar-refractivity contribution is -0.126. The largest absolute Gasteiger partial charge is 0.306 e. The minimum absolute atomic E-state index is 0.116. The average Bonchev–Trinajstić information content (AvgIpc) is 2.86. The van der Waals surface area contributed by atoms with Gasteiger partial charge in [-0.2, -0.15) is 5.10 Å². The molecule has 1 N–H and O–H groups in total. The Balaban J connectivity index is 1.84. The molecule has 0 aromatic rings. The van der Waals surface area contributed by atoms with Gasteiger partial charge in [-0.3, -0.25) is 4.79 Å². The van der Waals surface area contributed by atoms with Crippen molar-refractivity contribution in [3.05, 3.63) is 0 Å². The zero-order valence-electron chi connectivity index (χ0n) is 9.42. The van der Waals surface area contributed by atoms with E-state index in [1.807, 2.05) is 0 Å². The third kappa shape index (κ3) is 1.48. The van der Waals surface area contributed by atoms with Gasteiger partial charge in [0, 0.05) is 6.42 Å². The second kappa shape index (κ2) is 2.83. The molecule has 1 aliphatic heterocycles. The van der Waals surface area contributed by atoms with Crippen LogP contribution < -0.4 is 5.43 Å². The monoisotopic (exact) mass is 206 g/mol. The van der Waals surface area contributed by atoms with E-state index in [4.69, 9.17) is 0 Å². The quantitative estimate of drug-likeness (QED) is 0.710. The van der Waals surface area contributed by atoms with E-state index in [9.17, 15) is 4.79 Å². The van der Waals surface area contributed by atoms with Gasteiger partial charge < -0.3 is 5.43 Å². The van der Waals surface area contributed by atoms with Crippen LogP contribution in [0.5, 0.6) is 0 Å². The summed E-state index contributed by atoms with van der Waals surface area (Å²) in [6.45, 7) is 4.36. The van der Waals surface area contributed by atoms with E-state index in [1.54, 1.807) is 0 Å². The number of nitrogens with one attached hydrogen (secondary N) is 1. The number of carbonyl (C=O) groups is 1. The van der Waals surface area contributed by atoms with Crippen LogP contribution in [0.25, 0.3) is 0 Å². The van der Waals surface area contributed by atoms with Crippen molar-refractivity contribution in [1.82, 2.24) is 5.43 Å². The van der Waals surface area contributed by atoms with Crippen LogP contribution in [0, 0.1) is 17.3 Å². The van der Waals surface area contributed by atoms with E-state index >= 15 is 0 Å². The molecule has 3 aliphatic rings. The fourth-order valence-corrected chi connectivity index (χ4v) is 3.03. The number of ketones is 1. The number of Topliss-reactive ketones (excluding diaryl/α,β-unsaturated/α-hetero) is 1. The topological polar surface area (TPSA) is 41.5 Å². The molecule has 0 aromatic heterocycles. The first-order valence-electron chi connectivity index (χ1n) is 5.92. The SMILES string of the molecule is CC1(C)CC(=O)[C@H]2C(C3CC3)=NN[C@H]2C1. The maximum Gasteiger partial charge on any atom is 0.144 e. The molecule has 2 atom stereocenters. The summed E-state index contributed by atoms with van der Waals surface area (Å²) in [5, 5.41) is 4.40. The molecular weight excluding hydrogens is 188 g/mol. The maximum absolute atomic E-state index is 12.1. The molecule has 0 bridgehead atoms. The van der Waals surface area contributed by atoms with Crippen molar-refractivity contribution in [2.24, 2.45) is 22.4 Å². The smallest absolute Gasteiger partial charge is 0.144 e. The second-order valence-corrected chi connectivity index (χ2v) is 6.04. The number of hydrazone groups is 1. The van der Waals surface area contributed by atoms with Gasteiger partial charge in [0.15, 0.2) is 0 Å². The van der Waals surface area contributed by atoms with Crippen LogP contribution in [0.2, 0.25) is 0 Å². The van der Waals surface area contributed by atoms with Crippen molar-refractivity contribution in [2.45, 2.75) is 45.6 Å². The minimum atomic E-state index is 0.116. The predicted molar refractivity (Wildman–Crippen MR) is 58.6 cm³/mol. The van der Waals surface area contributed by atoms with Crippen molar-refractivity contribution in [2.75, 3.05) is 0 Å². The number of nitrogens with zero attached hydrogens (tertiary/aromatic N) is 1. The molecule has 0 radical (unpaired) electrons. The van der Waals surface area contributed by atoms with Crippen molar-refractivity contribution < 1.29 is 4.79 Å². The molecule has 2 aliphatic carbocycles. The first-order valence-corrected chi connectivity index (χ1v) is 5.92. The van der Waals surface area contributed by atoms with Crippen molar-refractivity contribution in [3.63, 3.8) is 0 Å². The molecule has 2 fully saturated rings. The van der Waals surface area contributed by atoms with Crippen molar-refractivity contribution >= 4 is 11.5 Å². The van der Waals surface area contributed by atoms with Crippen LogP contribution in [0.3, 0.4) is 0 Å². The number of fused-ring (bicyclic) bond motifs is 1. The fraction of sp³-hybridized carbons (Fsp3) is 0.833. The lowest BCUT2D eigenvalue weighted by Gasteiger charge is -2.36. The molecule has 0 saturated heterocycles. The molecule has 2 saturated carbocycles. The summed E-state index contributed by atoms with van der Waals surface area (Å²) in [6.07, 6.45) is 4.27. The van der Waals surface area contributed by atoms with Gasteiger partial charge in [0.25, 0.3) is 0 Å². The molecule has 1 heterocycles.